The smallest absolute Gasteiger partial charge is 0.266 e. The van der Waals surface area contributed by atoms with E-state index in [-0.39, 0.29) is 17.9 Å². The largest absolute Gasteiger partial charge is 0.423 e. The van der Waals surface area contributed by atoms with Crippen molar-refractivity contribution in [3.8, 4) is 0 Å². The third-order valence-corrected chi connectivity index (χ3v) is 4.78. The monoisotopic (exact) mass is 336 g/mol. The number of morpholine rings is 1. The molecular formula is C15H20N4O3S. The van der Waals surface area contributed by atoms with E-state index in [1.54, 1.807) is 4.90 Å². The number of carbonyl (C=O) groups is 1. The van der Waals surface area contributed by atoms with E-state index in [9.17, 15) is 4.79 Å². The Balaban J connectivity index is 1.89. The van der Waals surface area contributed by atoms with Gasteiger partial charge in [-0.1, -0.05) is 13.8 Å². The van der Waals surface area contributed by atoms with Crippen LogP contribution in [0.25, 0.3) is 0 Å². The number of ether oxygens (including phenoxy) is 1. The van der Waals surface area contributed by atoms with Gasteiger partial charge >= 0.3 is 0 Å². The molecular weight excluding hydrogens is 316 g/mol. The fourth-order valence-corrected chi connectivity index (χ4v) is 3.40. The molecule has 8 heteroatoms. The molecule has 0 radical (unpaired) electrons. The summed E-state index contributed by atoms with van der Waals surface area (Å²) in [4.78, 5) is 19.7. The second kappa shape index (κ2) is 6.37. The molecule has 0 saturated carbocycles. The molecule has 3 rings (SSSR count). The van der Waals surface area contributed by atoms with Gasteiger partial charge in [0.1, 0.15) is 10.9 Å². The highest BCUT2D eigenvalue weighted by Crippen LogP contribution is 2.29. The summed E-state index contributed by atoms with van der Waals surface area (Å²) in [6.07, 6.45) is 0. The van der Waals surface area contributed by atoms with Crippen molar-refractivity contribution in [3.63, 3.8) is 0 Å². The first-order valence-corrected chi connectivity index (χ1v) is 8.45. The van der Waals surface area contributed by atoms with Gasteiger partial charge in [-0.15, -0.1) is 21.5 Å². The van der Waals surface area contributed by atoms with Gasteiger partial charge < -0.3 is 14.1 Å². The standard InChI is InChI=1S/C15H20N4O3S/c1-8(2)13-17-18-14(22-13)11-7-21-6-5-19(11)15(20)12-9(3)16-10(4)23-12/h8,11H,5-7H2,1-4H3/t11-/m0/s1. The van der Waals surface area contributed by atoms with Crippen LogP contribution in [-0.2, 0) is 4.74 Å². The number of rotatable bonds is 3. The molecule has 1 aliphatic rings. The van der Waals surface area contributed by atoms with E-state index in [0.29, 0.717) is 36.4 Å². The summed E-state index contributed by atoms with van der Waals surface area (Å²) in [6.45, 7) is 9.10. The second-order valence-corrected chi connectivity index (χ2v) is 7.07. The van der Waals surface area contributed by atoms with Crippen molar-refractivity contribution >= 4 is 17.2 Å². The Morgan fingerprint density at radius 3 is 2.74 bits per heavy atom. The highest BCUT2D eigenvalue weighted by atomic mass is 32.1. The van der Waals surface area contributed by atoms with Crippen LogP contribution in [-0.4, -0.2) is 45.7 Å². The molecule has 124 valence electrons. The summed E-state index contributed by atoms with van der Waals surface area (Å²) in [7, 11) is 0. The van der Waals surface area contributed by atoms with Crippen LogP contribution in [0.2, 0.25) is 0 Å². The van der Waals surface area contributed by atoms with Crippen molar-refractivity contribution in [1.29, 1.82) is 0 Å². The first-order chi connectivity index (χ1) is 11.0. The Labute approximate surface area is 138 Å². The van der Waals surface area contributed by atoms with Gasteiger partial charge in [-0.3, -0.25) is 4.79 Å². The topological polar surface area (TPSA) is 81.4 Å². The summed E-state index contributed by atoms with van der Waals surface area (Å²) in [6, 6.07) is -0.349. The molecule has 7 nitrogen and oxygen atoms in total. The van der Waals surface area contributed by atoms with Gasteiger partial charge in [0.05, 0.1) is 23.9 Å². The Kier molecular flexibility index (Phi) is 4.45. The van der Waals surface area contributed by atoms with E-state index < -0.39 is 0 Å². The van der Waals surface area contributed by atoms with E-state index in [2.05, 4.69) is 15.2 Å². The van der Waals surface area contributed by atoms with Crippen molar-refractivity contribution in [2.24, 2.45) is 0 Å². The molecule has 0 aliphatic carbocycles. The van der Waals surface area contributed by atoms with Crippen LogP contribution in [0, 0.1) is 13.8 Å². The fraction of sp³-hybridized carbons (Fsp3) is 0.600. The molecule has 0 unspecified atom stereocenters. The SMILES string of the molecule is Cc1nc(C)c(C(=O)N2CCOC[C@H]2c2nnc(C(C)C)o2)s1. The first-order valence-electron chi connectivity index (χ1n) is 7.63. The molecule has 3 heterocycles. The molecule has 23 heavy (non-hydrogen) atoms. The lowest BCUT2D eigenvalue weighted by Crippen LogP contribution is -2.43. The van der Waals surface area contributed by atoms with Crippen LogP contribution in [0.5, 0.6) is 0 Å². The summed E-state index contributed by atoms with van der Waals surface area (Å²) >= 11 is 1.41. The number of thiazole rings is 1. The zero-order valence-corrected chi connectivity index (χ0v) is 14.5. The van der Waals surface area contributed by atoms with Gasteiger partial charge in [-0.05, 0) is 13.8 Å². The molecule has 0 spiro atoms. The van der Waals surface area contributed by atoms with Crippen LogP contribution in [0.15, 0.2) is 4.42 Å². The van der Waals surface area contributed by atoms with Gasteiger partial charge in [0.15, 0.2) is 0 Å². The van der Waals surface area contributed by atoms with E-state index in [0.717, 1.165) is 10.7 Å². The maximum atomic E-state index is 12.9. The molecule has 1 saturated heterocycles. The zero-order valence-electron chi connectivity index (χ0n) is 13.7. The lowest BCUT2D eigenvalue weighted by Gasteiger charge is -2.33. The van der Waals surface area contributed by atoms with Gasteiger partial charge in [-0.25, -0.2) is 4.98 Å². The molecule has 1 amide bonds. The normalized spacial score (nSPS) is 18.7. The van der Waals surface area contributed by atoms with Gasteiger partial charge in [-0.2, -0.15) is 0 Å². The minimum absolute atomic E-state index is 0.0503. The van der Waals surface area contributed by atoms with Crippen molar-refractivity contribution in [2.45, 2.75) is 39.7 Å². The second-order valence-electron chi connectivity index (χ2n) is 5.87. The van der Waals surface area contributed by atoms with Gasteiger partial charge in [0, 0.05) is 12.5 Å². The first kappa shape index (κ1) is 16.1. The van der Waals surface area contributed by atoms with Crippen molar-refractivity contribution in [3.05, 3.63) is 27.4 Å². The van der Waals surface area contributed by atoms with Crippen LogP contribution < -0.4 is 0 Å². The molecule has 0 bridgehead atoms. The Bertz CT molecular complexity index is 709. The lowest BCUT2D eigenvalue weighted by molar-refractivity contribution is -0.0105. The molecule has 1 atom stereocenters. The zero-order chi connectivity index (χ0) is 16.6. The summed E-state index contributed by atoms with van der Waals surface area (Å²) in [5, 5.41) is 9.06. The van der Waals surface area contributed by atoms with E-state index in [1.807, 2.05) is 27.7 Å². The molecule has 1 fully saturated rings. The fourth-order valence-electron chi connectivity index (χ4n) is 2.53. The Morgan fingerprint density at radius 2 is 2.13 bits per heavy atom. The minimum Gasteiger partial charge on any atom is -0.423 e. The predicted octanol–water partition coefficient (Wildman–Crippen LogP) is 2.48. The predicted molar refractivity (Wildman–Crippen MR) is 84.6 cm³/mol. The molecule has 0 aromatic carbocycles. The summed E-state index contributed by atoms with van der Waals surface area (Å²) in [5.41, 5.74) is 0.760. The van der Waals surface area contributed by atoms with E-state index >= 15 is 0 Å². The number of aryl methyl sites for hydroxylation is 2. The van der Waals surface area contributed by atoms with Crippen LogP contribution in [0.4, 0.5) is 0 Å². The van der Waals surface area contributed by atoms with Gasteiger partial charge in [0.2, 0.25) is 11.8 Å². The highest BCUT2D eigenvalue weighted by molar-refractivity contribution is 7.13. The van der Waals surface area contributed by atoms with Gasteiger partial charge in [0.25, 0.3) is 5.91 Å². The number of hydrogen-bond donors (Lipinski definition) is 0. The molecule has 1 aliphatic heterocycles. The van der Waals surface area contributed by atoms with Crippen LogP contribution in [0.1, 0.15) is 58.0 Å². The third-order valence-electron chi connectivity index (χ3n) is 3.72. The molecule has 2 aromatic rings. The highest BCUT2D eigenvalue weighted by Gasteiger charge is 2.34. The average Bonchev–Trinajstić information content (AvgIpc) is 3.13. The number of carbonyl (C=O) groups excluding carboxylic acids is 1. The van der Waals surface area contributed by atoms with Crippen LogP contribution >= 0.6 is 11.3 Å². The maximum Gasteiger partial charge on any atom is 0.266 e. The molecule has 2 aromatic heterocycles. The van der Waals surface area contributed by atoms with Crippen molar-refractivity contribution in [2.75, 3.05) is 19.8 Å². The Morgan fingerprint density at radius 1 is 1.35 bits per heavy atom. The number of hydrogen-bond acceptors (Lipinski definition) is 7. The number of amides is 1. The molecule has 0 N–H and O–H groups in total. The number of nitrogens with zero attached hydrogens (tertiary/aromatic N) is 4. The van der Waals surface area contributed by atoms with E-state index in [4.69, 9.17) is 9.15 Å². The summed E-state index contributed by atoms with van der Waals surface area (Å²) in [5.74, 6) is 1.10. The van der Waals surface area contributed by atoms with E-state index in [1.165, 1.54) is 11.3 Å². The van der Waals surface area contributed by atoms with Crippen molar-refractivity contribution < 1.29 is 13.9 Å². The maximum absolute atomic E-state index is 12.9. The lowest BCUT2D eigenvalue weighted by atomic mass is 10.2. The number of aromatic nitrogens is 3. The van der Waals surface area contributed by atoms with Crippen molar-refractivity contribution in [1.82, 2.24) is 20.1 Å². The minimum atomic E-state index is -0.349. The third kappa shape index (κ3) is 3.13. The van der Waals surface area contributed by atoms with Crippen LogP contribution in [0.3, 0.4) is 0 Å². The average molecular weight is 336 g/mol. The summed E-state index contributed by atoms with van der Waals surface area (Å²) < 4.78 is 11.3. The quantitative estimate of drug-likeness (QED) is 0.856. The Hall–Kier alpha value is -1.80.